The summed E-state index contributed by atoms with van der Waals surface area (Å²) in [5.74, 6) is 0.567. The molecule has 4 nitrogen and oxygen atoms in total. The molecule has 1 N–H and O–H groups in total. The monoisotopic (exact) mass is 376 g/mol. The van der Waals surface area contributed by atoms with Crippen molar-refractivity contribution in [3.8, 4) is 0 Å². The van der Waals surface area contributed by atoms with Crippen molar-refractivity contribution in [1.29, 1.82) is 0 Å². The first kappa shape index (κ1) is 18.8. The molecule has 0 saturated carbocycles. The third kappa shape index (κ3) is 3.83. The second-order valence-corrected chi connectivity index (χ2v) is 8.21. The topological polar surface area (TPSA) is 43.3 Å². The minimum atomic E-state index is -0.442. The predicted octanol–water partition coefficient (Wildman–Crippen LogP) is 4.73. The normalized spacial score (nSPS) is 15.6. The van der Waals surface area contributed by atoms with Gasteiger partial charge in [0, 0.05) is 36.9 Å². The van der Waals surface area contributed by atoms with Gasteiger partial charge in [0.2, 0.25) is 0 Å². The second-order valence-electron chi connectivity index (χ2n) is 8.21. The zero-order valence-electron chi connectivity index (χ0n) is 16.7. The first-order chi connectivity index (χ1) is 13.5. The number of hydrogen-bond donors (Lipinski definition) is 1. The Morgan fingerprint density at radius 2 is 1.75 bits per heavy atom. The Hall–Kier alpha value is -2.59. The van der Waals surface area contributed by atoms with E-state index in [0.717, 1.165) is 54.6 Å². The largest absolute Gasteiger partial charge is 0.381 e. The molecule has 1 saturated heterocycles. The fourth-order valence-electron chi connectivity index (χ4n) is 4.06. The Balaban J connectivity index is 1.62. The molecule has 2 heterocycles. The number of carbonyl (C=O) groups excluding carboxylic acids is 1. The summed E-state index contributed by atoms with van der Waals surface area (Å²) >= 11 is 0. The van der Waals surface area contributed by atoms with Crippen LogP contribution in [-0.2, 0) is 16.8 Å². The van der Waals surface area contributed by atoms with E-state index < -0.39 is 5.54 Å². The van der Waals surface area contributed by atoms with E-state index in [1.165, 1.54) is 0 Å². The van der Waals surface area contributed by atoms with Gasteiger partial charge in [-0.1, -0.05) is 48.5 Å². The second kappa shape index (κ2) is 7.80. The fourth-order valence-corrected chi connectivity index (χ4v) is 4.06. The summed E-state index contributed by atoms with van der Waals surface area (Å²) in [5, 5.41) is 4.24. The number of amides is 1. The van der Waals surface area contributed by atoms with E-state index in [1.807, 2.05) is 56.4 Å². The molecule has 2 aromatic carbocycles. The van der Waals surface area contributed by atoms with Gasteiger partial charge in [0.15, 0.2) is 0 Å². The van der Waals surface area contributed by atoms with Gasteiger partial charge in [-0.25, -0.2) is 0 Å². The Morgan fingerprint density at radius 3 is 2.50 bits per heavy atom. The summed E-state index contributed by atoms with van der Waals surface area (Å²) < 4.78 is 7.74. The summed E-state index contributed by atoms with van der Waals surface area (Å²) in [6.45, 7) is 6.69. The van der Waals surface area contributed by atoms with Crippen molar-refractivity contribution in [3.05, 3.63) is 71.9 Å². The van der Waals surface area contributed by atoms with Crippen molar-refractivity contribution < 1.29 is 9.53 Å². The van der Waals surface area contributed by atoms with Gasteiger partial charge in [0.05, 0.1) is 11.1 Å². The molecule has 1 aliphatic heterocycles. The Kier molecular flexibility index (Phi) is 5.23. The van der Waals surface area contributed by atoms with E-state index in [9.17, 15) is 4.79 Å². The molecule has 0 spiro atoms. The summed E-state index contributed by atoms with van der Waals surface area (Å²) in [4.78, 5) is 13.2. The van der Waals surface area contributed by atoms with Crippen LogP contribution in [0.1, 0.15) is 42.6 Å². The highest BCUT2D eigenvalue weighted by molar-refractivity contribution is 6.07. The number of fused-ring (bicyclic) bond motifs is 1. The van der Waals surface area contributed by atoms with Crippen molar-refractivity contribution >= 4 is 16.8 Å². The number of nitrogens with zero attached hydrogens (tertiary/aromatic N) is 1. The number of hydrogen-bond acceptors (Lipinski definition) is 2. The zero-order valence-corrected chi connectivity index (χ0v) is 16.7. The fraction of sp³-hybridized carbons (Fsp3) is 0.375. The van der Waals surface area contributed by atoms with Crippen molar-refractivity contribution in [1.82, 2.24) is 9.88 Å². The minimum absolute atomic E-state index is 0.0317. The third-order valence-corrected chi connectivity index (χ3v) is 5.75. The minimum Gasteiger partial charge on any atom is -0.381 e. The van der Waals surface area contributed by atoms with Gasteiger partial charge in [0.25, 0.3) is 5.91 Å². The molecule has 1 aromatic heterocycles. The Labute approximate surface area is 166 Å². The molecule has 0 bridgehead atoms. The highest BCUT2D eigenvalue weighted by Crippen LogP contribution is 2.27. The molecule has 146 valence electrons. The molecule has 0 atom stereocenters. The smallest absolute Gasteiger partial charge is 0.254 e. The van der Waals surface area contributed by atoms with E-state index in [1.54, 1.807) is 0 Å². The summed E-state index contributed by atoms with van der Waals surface area (Å²) in [7, 11) is 0. The number of rotatable bonds is 5. The molecule has 28 heavy (non-hydrogen) atoms. The number of benzene rings is 2. The average Bonchev–Trinajstić information content (AvgIpc) is 3.08. The Bertz CT molecular complexity index is 953. The Morgan fingerprint density at radius 1 is 1.07 bits per heavy atom. The van der Waals surface area contributed by atoms with Crippen molar-refractivity contribution in [2.45, 2.75) is 38.8 Å². The van der Waals surface area contributed by atoms with Gasteiger partial charge in [-0.3, -0.25) is 4.79 Å². The summed E-state index contributed by atoms with van der Waals surface area (Å²) in [6, 6.07) is 18.3. The van der Waals surface area contributed by atoms with E-state index in [-0.39, 0.29) is 5.91 Å². The number of ether oxygens (including phenoxy) is 1. The van der Waals surface area contributed by atoms with Crippen molar-refractivity contribution in [2.75, 3.05) is 13.2 Å². The van der Waals surface area contributed by atoms with Gasteiger partial charge in [-0.15, -0.1) is 0 Å². The lowest BCUT2D eigenvalue weighted by Crippen LogP contribution is -2.40. The molecular formula is C24H28N2O2. The van der Waals surface area contributed by atoms with E-state index in [0.29, 0.717) is 5.92 Å². The van der Waals surface area contributed by atoms with Crippen LogP contribution in [-0.4, -0.2) is 23.7 Å². The van der Waals surface area contributed by atoms with Crippen LogP contribution in [0.3, 0.4) is 0 Å². The molecule has 3 aromatic rings. The number of aromatic nitrogens is 1. The highest BCUT2D eigenvalue weighted by atomic mass is 16.5. The number of carbonyl (C=O) groups is 1. The van der Waals surface area contributed by atoms with Gasteiger partial charge < -0.3 is 14.6 Å². The van der Waals surface area contributed by atoms with Gasteiger partial charge in [0.1, 0.15) is 0 Å². The number of para-hydroxylation sites is 1. The van der Waals surface area contributed by atoms with Crippen molar-refractivity contribution in [3.63, 3.8) is 0 Å². The van der Waals surface area contributed by atoms with Crippen LogP contribution in [0.5, 0.6) is 0 Å². The molecule has 1 amide bonds. The first-order valence-corrected chi connectivity index (χ1v) is 10.1. The maximum Gasteiger partial charge on any atom is 0.254 e. The third-order valence-electron chi connectivity index (χ3n) is 5.75. The molecule has 4 rings (SSSR count). The van der Waals surface area contributed by atoms with Crippen LogP contribution in [0.15, 0.2) is 60.8 Å². The van der Waals surface area contributed by atoms with Crippen LogP contribution in [0, 0.1) is 5.92 Å². The van der Waals surface area contributed by atoms with E-state index >= 15 is 0 Å². The van der Waals surface area contributed by atoms with Crippen LogP contribution in [0.2, 0.25) is 0 Å². The van der Waals surface area contributed by atoms with Gasteiger partial charge >= 0.3 is 0 Å². The SMILES string of the molecule is CC(C)(NC(=O)c1cn(CC2CCOCC2)c2ccccc12)c1ccccc1. The zero-order chi connectivity index (χ0) is 19.6. The molecule has 0 unspecified atom stereocenters. The lowest BCUT2D eigenvalue weighted by Gasteiger charge is -2.27. The maximum absolute atomic E-state index is 13.2. The summed E-state index contributed by atoms with van der Waals surface area (Å²) in [5.41, 5.74) is 2.51. The first-order valence-electron chi connectivity index (χ1n) is 10.1. The molecule has 1 aliphatic rings. The van der Waals surface area contributed by atoms with Crippen LogP contribution >= 0.6 is 0 Å². The lowest BCUT2D eigenvalue weighted by molar-refractivity contribution is 0.0616. The van der Waals surface area contributed by atoms with Gasteiger partial charge in [-0.2, -0.15) is 0 Å². The van der Waals surface area contributed by atoms with Crippen LogP contribution in [0.4, 0.5) is 0 Å². The van der Waals surface area contributed by atoms with Gasteiger partial charge in [-0.05, 0) is 44.2 Å². The van der Waals surface area contributed by atoms with Crippen molar-refractivity contribution in [2.24, 2.45) is 5.92 Å². The maximum atomic E-state index is 13.2. The summed E-state index contributed by atoms with van der Waals surface area (Å²) in [6.07, 6.45) is 4.18. The van der Waals surface area contributed by atoms with Crippen LogP contribution in [0.25, 0.3) is 10.9 Å². The highest BCUT2D eigenvalue weighted by Gasteiger charge is 2.25. The molecular weight excluding hydrogens is 348 g/mol. The van der Waals surface area contributed by atoms with E-state index in [2.05, 4.69) is 28.1 Å². The predicted molar refractivity (Wildman–Crippen MR) is 112 cm³/mol. The molecule has 0 radical (unpaired) electrons. The van der Waals surface area contributed by atoms with E-state index in [4.69, 9.17) is 4.74 Å². The average molecular weight is 376 g/mol. The number of nitrogens with one attached hydrogen (secondary N) is 1. The lowest BCUT2D eigenvalue weighted by atomic mass is 9.94. The quantitative estimate of drug-likeness (QED) is 0.699. The standard InChI is InChI=1S/C24H28N2O2/c1-24(2,19-8-4-3-5-9-19)25-23(27)21-17-26(16-18-12-14-28-15-13-18)22-11-7-6-10-20(21)22/h3-11,17-18H,12-16H2,1-2H3,(H,25,27). The molecule has 0 aliphatic carbocycles. The van der Waals surface area contributed by atoms with Crippen LogP contribution < -0.4 is 5.32 Å². The molecule has 4 heteroatoms. The molecule has 1 fully saturated rings.